The number of ether oxygens (including phenoxy) is 3. The molecule has 3 N–H and O–H groups in total. The summed E-state index contributed by atoms with van der Waals surface area (Å²) in [5.41, 5.74) is 2.92. The van der Waals surface area contributed by atoms with E-state index in [9.17, 15) is 14.7 Å². The van der Waals surface area contributed by atoms with Crippen LogP contribution in [-0.4, -0.2) is 62.5 Å². The molecule has 0 spiro atoms. The van der Waals surface area contributed by atoms with Crippen molar-refractivity contribution in [3.05, 3.63) is 83.4 Å². The van der Waals surface area contributed by atoms with Gasteiger partial charge in [0, 0.05) is 49.4 Å². The van der Waals surface area contributed by atoms with Gasteiger partial charge in [-0.2, -0.15) is 0 Å². The summed E-state index contributed by atoms with van der Waals surface area (Å²) in [6.07, 6.45) is 0.695. The number of hydrogen-bond donors (Lipinski definition) is 3. The molecule has 0 bridgehead atoms. The van der Waals surface area contributed by atoms with Gasteiger partial charge in [-0.05, 0) is 62.1 Å². The van der Waals surface area contributed by atoms with Gasteiger partial charge < -0.3 is 34.9 Å². The fourth-order valence-electron chi connectivity index (χ4n) is 5.01. The van der Waals surface area contributed by atoms with Crippen molar-refractivity contribution in [2.45, 2.75) is 57.9 Å². The number of benzene rings is 3. The maximum absolute atomic E-state index is 13.6. The summed E-state index contributed by atoms with van der Waals surface area (Å²) in [4.78, 5) is 27.8. The molecule has 42 heavy (non-hydrogen) atoms. The molecule has 0 unspecified atom stereocenters. The number of methoxy groups -OCH3 is 2. The fourth-order valence-corrected chi connectivity index (χ4v) is 5.01. The standard InChI is InChI=1S/C33H41N3O6/c1-22(2)42-29-17-25(16-26(18-29)36-12-8-11-32(36)38)33(39)35-30(15-23-9-6-5-7-10-23)31(37)21-34-20-24-13-27(40-3)19-28(14-24)41-4/h5-7,9-10,13-14,16-19,22,30-31,34,37H,8,11-12,15,20-21H2,1-4H3,(H,35,39)/t30-,31+/m0/s1. The first-order valence-corrected chi connectivity index (χ1v) is 14.3. The van der Waals surface area contributed by atoms with Crippen LogP contribution < -0.4 is 29.7 Å². The predicted octanol–water partition coefficient (Wildman–Crippen LogP) is 4.11. The lowest BCUT2D eigenvalue weighted by Crippen LogP contribution is -2.48. The van der Waals surface area contributed by atoms with Crippen molar-refractivity contribution in [2.75, 3.05) is 32.2 Å². The molecule has 1 aliphatic rings. The van der Waals surface area contributed by atoms with Crippen LogP contribution in [0.25, 0.3) is 0 Å². The molecule has 1 aliphatic heterocycles. The smallest absolute Gasteiger partial charge is 0.251 e. The Labute approximate surface area is 247 Å². The molecule has 1 heterocycles. The third-order valence-electron chi connectivity index (χ3n) is 7.08. The average Bonchev–Trinajstić information content (AvgIpc) is 3.42. The summed E-state index contributed by atoms with van der Waals surface area (Å²) in [6, 6.07) is 19.9. The van der Waals surface area contributed by atoms with Crippen LogP contribution >= 0.6 is 0 Å². The maximum atomic E-state index is 13.6. The van der Waals surface area contributed by atoms with E-state index in [1.807, 2.05) is 56.3 Å². The van der Waals surface area contributed by atoms with Crippen LogP contribution in [-0.2, 0) is 17.8 Å². The number of nitrogens with one attached hydrogen (secondary N) is 2. The molecule has 4 rings (SSSR count). The topological polar surface area (TPSA) is 109 Å². The van der Waals surface area contributed by atoms with Gasteiger partial charge in [-0.3, -0.25) is 9.59 Å². The number of aliphatic hydroxyl groups is 1. The first-order chi connectivity index (χ1) is 20.2. The van der Waals surface area contributed by atoms with Crippen molar-refractivity contribution in [3.63, 3.8) is 0 Å². The number of aliphatic hydroxyl groups excluding tert-OH is 1. The molecule has 0 radical (unpaired) electrons. The minimum Gasteiger partial charge on any atom is -0.497 e. The summed E-state index contributed by atoms with van der Waals surface area (Å²) >= 11 is 0. The van der Waals surface area contributed by atoms with Crippen molar-refractivity contribution in [1.29, 1.82) is 0 Å². The number of nitrogens with zero attached hydrogens (tertiary/aromatic N) is 1. The number of anilines is 1. The van der Waals surface area contributed by atoms with Crippen LogP contribution in [0.5, 0.6) is 17.2 Å². The summed E-state index contributed by atoms with van der Waals surface area (Å²) in [6.45, 7) is 5.13. The molecule has 0 aromatic heterocycles. The van der Waals surface area contributed by atoms with E-state index in [-0.39, 0.29) is 24.5 Å². The van der Waals surface area contributed by atoms with Gasteiger partial charge in [0.2, 0.25) is 5.91 Å². The van der Waals surface area contributed by atoms with E-state index in [0.717, 1.165) is 17.5 Å². The maximum Gasteiger partial charge on any atom is 0.251 e. The van der Waals surface area contributed by atoms with Gasteiger partial charge in [0.25, 0.3) is 5.91 Å². The Morgan fingerprint density at radius 1 is 0.952 bits per heavy atom. The zero-order chi connectivity index (χ0) is 30.1. The summed E-state index contributed by atoms with van der Waals surface area (Å²) < 4.78 is 16.6. The molecular formula is C33H41N3O6. The van der Waals surface area contributed by atoms with Gasteiger partial charge in [0.15, 0.2) is 0 Å². The van der Waals surface area contributed by atoms with E-state index in [4.69, 9.17) is 14.2 Å². The second-order valence-electron chi connectivity index (χ2n) is 10.7. The molecule has 224 valence electrons. The highest BCUT2D eigenvalue weighted by atomic mass is 16.5. The number of amides is 2. The van der Waals surface area contributed by atoms with Crippen LogP contribution in [0.4, 0.5) is 5.69 Å². The molecule has 3 aromatic rings. The second kappa shape index (κ2) is 14.7. The van der Waals surface area contributed by atoms with Crippen LogP contribution in [0.2, 0.25) is 0 Å². The summed E-state index contributed by atoms with van der Waals surface area (Å²) in [7, 11) is 3.20. The fraction of sp³-hybridized carbons (Fsp3) is 0.394. The molecule has 9 heteroatoms. The van der Waals surface area contributed by atoms with E-state index in [2.05, 4.69) is 10.6 Å². The zero-order valence-corrected chi connectivity index (χ0v) is 24.8. The monoisotopic (exact) mass is 575 g/mol. The first kappa shape index (κ1) is 30.9. The predicted molar refractivity (Wildman–Crippen MR) is 162 cm³/mol. The molecule has 2 atom stereocenters. The molecule has 0 saturated carbocycles. The largest absolute Gasteiger partial charge is 0.497 e. The molecular weight excluding hydrogens is 534 g/mol. The van der Waals surface area contributed by atoms with E-state index < -0.39 is 12.1 Å². The number of carbonyl (C=O) groups is 2. The highest BCUT2D eigenvalue weighted by molar-refractivity contribution is 5.99. The van der Waals surface area contributed by atoms with Crippen LogP contribution in [0, 0.1) is 0 Å². The van der Waals surface area contributed by atoms with Crippen LogP contribution in [0.15, 0.2) is 66.7 Å². The lowest BCUT2D eigenvalue weighted by atomic mass is 10.00. The van der Waals surface area contributed by atoms with Crippen molar-refractivity contribution in [1.82, 2.24) is 10.6 Å². The van der Waals surface area contributed by atoms with E-state index in [1.165, 1.54) is 0 Å². The Kier molecular flexibility index (Phi) is 10.8. The molecule has 9 nitrogen and oxygen atoms in total. The normalized spacial score (nSPS) is 14.5. The summed E-state index contributed by atoms with van der Waals surface area (Å²) in [5.74, 6) is 1.55. The third-order valence-corrected chi connectivity index (χ3v) is 7.08. The SMILES string of the molecule is COc1cc(CNC[C@@H](O)[C@H](Cc2ccccc2)NC(=O)c2cc(OC(C)C)cc(N3CCCC3=O)c2)cc(OC)c1. The van der Waals surface area contributed by atoms with Gasteiger partial charge in [-0.15, -0.1) is 0 Å². The highest BCUT2D eigenvalue weighted by Gasteiger charge is 2.26. The van der Waals surface area contributed by atoms with Gasteiger partial charge in [0.05, 0.1) is 32.5 Å². The molecule has 2 amide bonds. The zero-order valence-electron chi connectivity index (χ0n) is 24.8. The van der Waals surface area contributed by atoms with E-state index in [1.54, 1.807) is 43.4 Å². The van der Waals surface area contributed by atoms with Gasteiger partial charge in [0.1, 0.15) is 17.2 Å². The van der Waals surface area contributed by atoms with Gasteiger partial charge in [-0.25, -0.2) is 0 Å². The number of carbonyl (C=O) groups excluding carboxylic acids is 2. The highest BCUT2D eigenvalue weighted by Crippen LogP contribution is 2.29. The Bertz CT molecular complexity index is 1320. The van der Waals surface area contributed by atoms with Gasteiger partial charge >= 0.3 is 0 Å². The van der Waals surface area contributed by atoms with Crippen molar-refractivity contribution in [2.24, 2.45) is 0 Å². The van der Waals surface area contributed by atoms with E-state index >= 15 is 0 Å². The first-order valence-electron chi connectivity index (χ1n) is 14.3. The minimum absolute atomic E-state index is 0.0279. The molecule has 1 fully saturated rings. The van der Waals surface area contributed by atoms with Crippen molar-refractivity contribution in [3.8, 4) is 17.2 Å². The van der Waals surface area contributed by atoms with Crippen LogP contribution in [0.3, 0.4) is 0 Å². The van der Waals surface area contributed by atoms with Crippen molar-refractivity contribution < 1.29 is 28.9 Å². The molecule has 3 aromatic carbocycles. The Balaban J connectivity index is 1.51. The van der Waals surface area contributed by atoms with Crippen LogP contribution in [0.1, 0.15) is 48.2 Å². The average molecular weight is 576 g/mol. The Hall–Kier alpha value is -4.08. The van der Waals surface area contributed by atoms with E-state index in [0.29, 0.717) is 54.4 Å². The second-order valence-corrected chi connectivity index (χ2v) is 10.7. The third kappa shape index (κ3) is 8.47. The van der Waals surface area contributed by atoms with Crippen molar-refractivity contribution >= 4 is 17.5 Å². The number of hydrogen-bond acceptors (Lipinski definition) is 7. The lowest BCUT2D eigenvalue weighted by Gasteiger charge is -2.26. The quantitative estimate of drug-likeness (QED) is 0.266. The molecule has 0 aliphatic carbocycles. The number of rotatable bonds is 14. The minimum atomic E-state index is -0.892. The Morgan fingerprint density at radius 3 is 2.29 bits per heavy atom. The lowest BCUT2D eigenvalue weighted by molar-refractivity contribution is -0.117. The molecule has 1 saturated heterocycles. The Morgan fingerprint density at radius 2 is 1.67 bits per heavy atom. The van der Waals surface area contributed by atoms with Gasteiger partial charge in [-0.1, -0.05) is 30.3 Å². The summed E-state index contributed by atoms with van der Waals surface area (Å²) in [5, 5.41) is 17.6.